The van der Waals surface area contributed by atoms with Gasteiger partial charge in [-0.25, -0.2) is 9.79 Å². The Kier molecular flexibility index (Phi) is 7.33. The van der Waals surface area contributed by atoms with Gasteiger partial charge in [-0.1, -0.05) is 12.7 Å². The molecule has 0 amide bonds. The minimum atomic E-state index is -0.476. The Morgan fingerprint density at radius 3 is 2.66 bits per heavy atom. The molecular weight excluding hydrogens is 596 g/mol. The van der Waals surface area contributed by atoms with Crippen LogP contribution < -0.4 is 9.47 Å². The number of esters is 1. The molecule has 0 radical (unpaired) electrons. The van der Waals surface area contributed by atoms with E-state index in [-0.39, 0.29) is 5.70 Å². The summed E-state index contributed by atoms with van der Waals surface area (Å²) in [6.07, 6.45) is 3.37. The molecule has 0 aliphatic carbocycles. The molecule has 0 saturated heterocycles. The summed E-state index contributed by atoms with van der Waals surface area (Å²) in [5, 5.41) is 0. The average Bonchev–Trinajstić information content (AvgIpc) is 3.04. The van der Waals surface area contributed by atoms with Crippen LogP contribution in [0.2, 0.25) is 0 Å². The van der Waals surface area contributed by atoms with Crippen LogP contribution in [0.3, 0.4) is 0 Å². The molecule has 0 atom stereocenters. The van der Waals surface area contributed by atoms with Crippen molar-refractivity contribution in [3.8, 4) is 11.5 Å². The summed E-state index contributed by atoms with van der Waals surface area (Å²) < 4.78 is 18.8. The van der Waals surface area contributed by atoms with Gasteiger partial charge in [-0.2, -0.15) is 0 Å². The van der Waals surface area contributed by atoms with Gasteiger partial charge in [-0.3, -0.25) is 0 Å². The normalized spacial score (nSPS) is 14.6. The van der Waals surface area contributed by atoms with Gasteiger partial charge in [0.15, 0.2) is 17.2 Å². The van der Waals surface area contributed by atoms with Crippen LogP contribution in [-0.2, 0) is 9.53 Å². The van der Waals surface area contributed by atoms with Crippen LogP contribution in [0, 0.1) is 14.1 Å². The Balaban J connectivity index is 1.96. The highest BCUT2D eigenvalue weighted by Gasteiger charge is 2.25. The number of benzene rings is 2. The third-order valence-electron chi connectivity index (χ3n) is 4.01. The highest BCUT2D eigenvalue weighted by atomic mass is 127. The van der Waals surface area contributed by atoms with E-state index in [0.717, 1.165) is 23.8 Å². The standard InChI is InChI=1S/C22H19I2NO4/c1-4-8-28-20-17(24)10-14(12-19(20)27-5-2)11-18-22(26)29-21(25-18)15-6-7-16(23)13(3)9-15/h4,6-7,9-12H,1,5,8H2,2-3H3/b18-11-. The average molecular weight is 615 g/mol. The molecule has 3 rings (SSSR count). The van der Waals surface area contributed by atoms with Crippen molar-refractivity contribution in [1.29, 1.82) is 0 Å². The lowest BCUT2D eigenvalue weighted by Gasteiger charge is -2.13. The molecule has 150 valence electrons. The molecule has 0 N–H and O–H groups in total. The fourth-order valence-electron chi connectivity index (χ4n) is 2.68. The van der Waals surface area contributed by atoms with E-state index in [1.165, 1.54) is 0 Å². The summed E-state index contributed by atoms with van der Waals surface area (Å²) in [5.74, 6) is 1.10. The van der Waals surface area contributed by atoms with Gasteiger partial charge in [-0.05, 0) is 107 Å². The van der Waals surface area contributed by atoms with Crippen LogP contribution in [0.1, 0.15) is 23.6 Å². The molecule has 2 aromatic rings. The topological polar surface area (TPSA) is 57.1 Å². The molecule has 0 saturated carbocycles. The van der Waals surface area contributed by atoms with Gasteiger partial charge < -0.3 is 14.2 Å². The zero-order chi connectivity index (χ0) is 21.0. The van der Waals surface area contributed by atoms with Crippen molar-refractivity contribution in [3.63, 3.8) is 0 Å². The molecule has 1 heterocycles. The second-order valence-electron chi connectivity index (χ2n) is 6.16. The Hall–Kier alpha value is -1.88. The first kappa shape index (κ1) is 21.8. The summed E-state index contributed by atoms with van der Waals surface area (Å²) in [5.41, 5.74) is 2.90. The Labute approximate surface area is 197 Å². The van der Waals surface area contributed by atoms with Crippen molar-refractivity contribution in [2.75, 3.05) is 13.2 Å². The number of hydrogen-bond donors (Lipinski definition) is 0. The van der Waals surface area contributed by atoms with E-state index in [2.05, 4.69) is 56.8 Å². The summed E-state index contributed by atoms with van der Waals surface area (Å²) in [6.45, 7) is 8.46. The molecule has 29 heavy (non-hydrogen) atoms. The highest BCUT2D eigenvalue weighted by Crippen LogP contribution is 2.35. The molecule has 0 unspecified atom stereocenters. The highest BCUT2D eigenvalue weighted by molar-refractivity contribution is 14.1. The second-order valence-corrected chi connectivity index (χ2v) is 8.49. The minimum absolute atomic E-state index is 0.245. The first-order chi connectivity index (χ1) is 13.9. The number of carbonyl (C=O) groups is 1. The van der Waals surface area contributed by atoms with Crippen LogP contribution in [0.15, 0.2) is 53.7 Å². The third-order valence-corrected chi connectivity index (χ3v) is 6.02. The van der Waals surface area contributed by atoms with Gasteiger partial charge >= 0.3 is 5.97 Å². The minimum Gasteiger partial charge on any atom is -0.490 e. The predicted octanol–water partition coefficient (Wildman–Crippen LogP) is 5.51. The van der Waals surface area contributed by atoms with E-state index in [0.29, 0.717) is 30.6 Å². The molecule has 7 heteroatoms. The summed E-state index contributed by atoms with van der Waals surface area (Å²) in [7, 11) is 0. The van der Waals surface area contributed by atoms with E-state index in [1.54, 1.807) is 12.2 Å². The fraction of sp³-hybridized carbons (Fsp3) is 0.182. The zero-order valence-electron chi connectivity index (χ0n) is 16.0. The van der Waals surface area contributed by atoms with Gasteiger partial charge in [0.1, 0.15) is 6.61 Å². The van der Waals surface area contributed by atoms with Crippen molar-refractivity contribution < 1.29 is 19.0 Å². The van der Waals surface area contributed by atoms with E-state index in [1.807, 2.05) is 44.2 Å². The predicted molar refractivity (Wildman–Crippen MR) is 131 cm³/mol. The number of nitrogens with zero attached hydrogens (tertiary/aromatic N) is 1. The lowest BCUT2D eigenvalue weighted by Crippen LogP contribution is -2.06. The number of aryl methyl sites for hydroxylation is 1. The lowest BCUT2D eigenvalue weighted by atomic mass is 10.1. The SMILES string of the molecule is C=CCOc1c(I)cc(/C=C2\N=C(c3ccc(I)c(C)c3)OC2=O)cc1OCC. The number of ether oxygens (including phenoxy) is 3. The molecule has 0 fully saturated rings. The first-order valence-corrected chi connectivity index (χ1v) is 11.1. The number of rotatable bonds is 7. The molecule has 5 nitrogen and oxygen atoms in total. The maximum atomic E-state index is 12.3. The van der Waals surface area contributed by atoms with Crippen LogP contribution in [0.4, 0.5) is 0 Å². The van der Waals surface area contributed by atoms with Gasteiger partial charge in [-0.15, -0.1) is 0 Å². The van der Waals surface area contributed by atoms with Crippen LogP contribution in [0.25, 0.3) is 6.08 Å². The maximum absolute atomic E-state index is 12.3. The monoisotopic (exact) mass is 615 g/mol. The molecule has 0 aromatic heterocycles. The van der Waals surface area contributed by atoms with Gasteiger partial charge in [0.05, 0.1) is 10.2 Å². The Morgan fingerprint density at radius 2 is 1.97 bits per heavy atom. The number of hydrogen-bond acceptors (Lipinski definition) is 5. The van der Waals surface area contributed by atoms with Crippen molar-refractivity contribution in [2.45, 2.75) is 13.8 Å². The van der Waals surface area contributed by atoms with Gasteiger partial charge in [0, 0.05) is 9.13 Å². The molecule has 1 aliphatic rings. The molecular formula is C22H19I2NO4. The number of halogens is 2. The fourth-order valence-corrected chi connectivity index (χ4v) is 3.80. The smallest absolute Gasteiger partial charge is 0.363 e. The lowest BCUT2D eigenvalue weighted by molar-refractivity contribution is -0.129. The maximum Gasteiger partial charge on any atom is 0.363 e. The van der Waals surface area contributed by atoms with E-state index >= 15 is 0 Å². The van der Waals surface area contributed by atoms with Crippen molar-refractivity contribution >= 4 is 63.1 Å². The molecule has 1 aliphatic heterocycles. The second kappa shape index (κ2) is 9.75. The summed E-state index contributed by atoms with van der Waals surface area (Å²) >= 11 is 4.45. The molecule has 0 bridgehead atoms. The Bertz CT molecular complexity index is 1030. The van der Waals surface area contributed by atoms with Crippen molar-refractivity contribution in [2.24, 2.45) is 4.99 Å². The van der Waals surface area contributed by atoms with E-state index < -0.39 is 5.97 Å². The van der Waals surface area contributed by atoms with Crippen molar-refractivity contribution in [1.82, 2.24) is 0 Å². The van der Waals surface area contributed by atoms with Crippen LogP contribution >= 0.6 is 45.2 Å². The summed E-state index contributed by atoms with van der Waals surface area (Å²) in [4.78, 5) is 16.7. The van der Waals surface area contributed by atoms with Crippen molar-refractivity contribution in [3.05, 3.63) is 72.5 Å². The number of aliphatic imine (C=N–C) groups is 1. The third kappa shape index (κ3) is 5.19. The van der Waals surface area contributed by atoms with Crippen LogP contribution in [0.5, 0.6) is 11.5 Å². The van der Waals surface area contributed by atoms with Gasteiger partial charge in [0.2, 0.25) is 5.90 Å². The van der Waals surface area contributed by atoms with E-state index in [9.17, 15) is 4.79 Å². The summed E-state index contributed by atoms with van der Waals surface area (Å²) in [6, 6.07) is 9.56. The number of cyclic esters (lactones) is 1. The Morgan fingerprint density at radius 1 is 1.17 bits per heavy atom. The van der Waals surface area contributed by atoms with E-state index in [4.69, 9.17) is 14.2 Å². The zero-order valence-corrected chi connectivity index (χ0v) is 20.3. The number of carbonyl (C=O) groups excluding carboxylic acids is 1. The quantitative estimate of drug-likeness (QED) is 0.179. The van der Waals surface area contributed by atoms with Gasteiger partial charge in [0.25, 0.3) is 0 Å². The molecule has 2 aromatic carbocycles. The molecule has 0 spiro atoms. The largest absolute Gasteiger partial charge is 0.490 e. The first-order valence-electron chi connectivity index (χ1n) is 8.92. The van der Waals surface area contributed by atoms with Crippen LogP contribution in [-0.4, -0.2) is 25.1 Å².